The molecule has 1 rings (SSSR count). The molecule has 1 aliphatic rings. The molecule has 54 heavy (non-hydrogen) atoms. The number of unbranched alkanes of at least 4 members (excludes halogenated alkanes) is 24. The molecule has 0 aliphatic carbocycles. The van der Waals surface area contributed by atoms with E-state index in [-0.39, 0.29) is 6.61 Å². The summed E-state index contributed by atoms with van der Waals surface area (Å²) in [5.41, 5.74) is 0. The second-order valence-corrected chi connectivity index (χ2v) is 16.0. The van der Waals surface area contributed by atoms with Crippen LogP contribution in [0.2, 0.25) is 0 Å². The SMILES string of the molecule is CCCCCC/C=C\CCCCCCCCC(O)C(=O)NC(COC1OC(CO)C(O)C(O)C1O)C(O)CCCCCCCCCCCCCCCCC. The number of aliphatic hydroxyl groups excluding tert-OH is 6. The summed E-state index contributed by atoms with van der Waals surface area (Å²) in [6.45, 7) is 3.64. The molecule has 0 saturated carbocycles. The van der Waals surface area contributed by atoms with Crippen LogP contribution >= 0.6 is 0 Å². The molecule has 1 amide bonds. The largest absolute Gasteiger partial charge is 0.394 e. The van der Waals surface area contributed by atoms with Gasteiger partial charge in [0.05, 0.1) is 25.4 Å². The predicted molar refractivity (Wildman–Crippen MR) is 218 cm³/mol. The first-order chi connectivity index (χ1) is 26.3. The van der Waals surface area contributed by atoms with Gasteiger partial charge < -0.3 is 45.4 Å². The minimum Gasteiger partial charge on any atom is -0.394 e. The van der Waals surface area contributed by atoms with Crippen molar-refractivity contribution >= 4 is 5.91 Å². The highest BCUT2D eigenvalue weighted by atomic mass is 16.7. The second-order valence-electron chi connectivity index (χ2n) is 16.0. The van der Waals surface area contributed by atoms with Gasteiger partial charge in [-0.25, -0.2) is 0 Å². The minimum atomic E-state index is -1.59. The van der Waals surface area contributed by atoms with E-state index < -0.39 is 61.5 Å². The second kappa shape index (κ2) is 35.1. The fourth-order valence-electron chi connectivity index (χ4n) is 7.22. The smallest absolute Gasteiger partial charge is 0.249 e. The number of rotatable bonds is 37. The fraction of sp³-hybridized carbons (Fsp3) is 0.932. The molecule has 0 aromatic carbocycles. The summed E-state index contributed by atoms with van der Waals surface area (Å²) in [6.07, 6.45) is 28.2. The van der Waals surface area contributed by atoms with Gasteiger partial charge in [-0.05, 0) is 38.5 Å². The molecule has 1 saturated heterocycles. The van der Waals surface area contributed by atoms with Crippen molar-refractivity contribution in [3.63, 3.8) is 0 Å². The number of carbonyl (C=O) groups excluding carboxylic acids is 1. The van der Waals surface area contributed by atoms with Gasteiger partial charge in [-0.15, -0.1) is 0 Å². The first-order valence-corrected chi connectivity index (χ1v) is 22.5. The van der Waals surface area contributed by atoms with Crippen LogP contribution in [0.3, 0.4) is 0 Å². The van der Waals surface area contributed by atoms with Crippen molar-refractivity contribution < 1.29 is 44.9 Å². The summed E-state index contributed by atoms with van der Waals surface area (Å²) in [5.74, 6) is -0.588. The van der Waals surface area contributed by atoms with Gasteiger partial charge in [0, 0.05) is 0 Å². The number of carbonyl (C=O) groups is 1. The number of aliphatic hydroxyl groups is 6. The lowest BCUT2D eigenvalue weighted by atomic mass is 9.99. The molecule has 0 radical (unpaired) electrons. The Labute approximate surface area is 329 Å². The van der Waals surface area contributed by atoms with E-state index in [9.17, 15) is 35.4 Å². The lowest BCUT2D eigenvalue weighted by Gasteiger charge is -2.40. The van der Waals surface area contributed by atoms with Gasteiger partial charge in [-0.2, -0.15) is 0 Å². The molecule has 8 unspecified atom stereocenters. The van der Waals surface area contributed by atoms with Crippen LogP contribution in [0.5, 0.6) is 0 Å². The number of ether oxygens (including phenoxy) is 2. The van der Waals surface area contributed by atoms with Gasteiger partial charge in [-0.1, -0.05) is 174 Å². The van der Waals surface area contributed by atoms with Gasteiger partial charge in [0.1, 0.15) is 30.5 Å². The molecular weight excluding hydrogens is 686 g/mol. The van der Waals surface area contributed by atoms with Crippen molar-refractivity contribution in [1.29, 1.82) is 0 Å². The standard InChI is InChI=1S/C44H85NO9/c1-3-5-7-9-11-13-15-17-19-21-22-24-26-28-30-32-37(47)36(35-53-44-42(51)41(50)40(49)39(34-46)54-44)45-43(52)38(48)33-31-29-27-25-23-20-18-16-14-12-10-8-6-4-2/h14,16,36-42,44,46-51H,3-13,15,17-35H2,1-2H3,(H,45,52)/b16-14-. The molecule has 0 bridgehead atoms. The lowest BCUT2D eigenvalue weighted by molar-refractivity contribution is -0.302. The zero-order chi connectivity index (χ0) is 39.7. The summed E-state index contributed by atoms with van der Waals surface area (Å²) in [5, 5.41) is 64.7. The van der Waals surface area contributed by atoms with Crippen LogP contribution in [0.4, 0.5) is 0 Å². The van der Waals surface area contributed by atoms with Crippen molar-refractivity contribution in [1.82, 2.24) is 5.32 Å². The fourth-order valence-corrected chi connectivity index (χ4v) is 7.22. The topological polar surface area (TPSA) is 169 Å². The van der Waals surface area contributed by atoms with E-state index in [1.165, 1.54) is 116 Å². The van der Waals surface area contributed by atoms with Crippen LogP contribution < -0.4 is 5.32 Å². The lowest BCUT2D eigenvalue weighted by Crippen LogP contribution is -2.60. The summed E-state index contributed by atoms with van der Waals surface area (Å²) < 4.78 is 11.2. The molecule has 1 heterocycles. The van der Waals surface area contributed by atoms with E-state index in [4.69, 9.17) is 9.47 Å². The van der Waals surface area contributed by atoms with E-state index in [0.717, 1.165) is 57.8 Å². The zero-order valence-electron chi connectivity index (χ0n) is 34.6. The molecule has 0 aromatic rings. The normalized spacial score (nSPS) is 22.1. The van der Waals surface area contributed by atoms with Gasteiger partial charge in [-0.3, -0.25) is 4.79 Å². The highest BCUT2D eigenvalue weighted by molar-refractivity contribution is 5.80. The Hall–Kier alpha value is -1.11. The Morgan fingerprint density at radius 2 is 1.04 bits per heavy atom. The molecular formula is C44H85NO9. The Morgan fingerprint density at radius 3 is 1.52 bits per heavy atom. The van der Waals surface area contributed by atoms with Crippen LogP contribution in [0.1, 0.15) is 200 Å². The number of hydrogen-bond donors (Lipinski definition) is 7. The predicted octanol–water partition coefficient (Wildman–Crippen LogP) is 7.92. The number of amides is 1. The first-order valence-electron chi connectivity index (χ1n) is 22.5. The first kappa shape index (κ1) is 50.9. The average Bonchev–Trinajstić information content (AvgIpc) is 3.17. The molecule has 1 aliphatic heterocycles. The Bertz CT molecular complexity index is 875. The van der Waals surface area contributed by atoms with Crippen LogP contribution in [-0.2, 0) is 14.3 Å². The Morgan fingerprint density at radius 1 is 0.611 bits per heavy atom. The van der Waals surface area contributed by atoms with Crippen molar-refractivity contribution in [2.24, 2.45) is 0 Å². The molecule has 8 atom stereocenters. The molecule has 1 fully saturated rings. The van der Waals surface area contributed by atoms with E-state index in [2.05, 4.69) is 31.3 Å². The molecule has 7 N–H and O–H groups in total. The van der Waals surface area contributed by atoms with Crippen molar-refractivity contribution in [3.05, 3.63) is 12.2 Å². The monoisotopic (exact) mass is 772 g/mol. The van der Waals surface area contributed by atoms with E-state index >= 15 is 0 Å². The average molecular weight is 772 g/mol. The van der Waals surface area contributed by atoms with Crippen molar-refractivity contribution in [2.75, 3.05) is 13.2 Å². The van der Waals surface area contributed by atoms with Crippen LogP contribution in [0.15, 0.2) is 12.2 Å². The van der Waals surface area contributed by atoms with Crippen LogP contribution in [0.25, 0.3) is 0 Å². The minimum absolute atomic E-state index is 0.255. The van der Waals surface area contributed by atoms with Gasteiger partial charge in [0.15, 0.2) is 6.29 Å². The quantitative estimate of drug-likeness (QED) is 0.0245. The Balaban J connectivity index is 2.41. The third-order valence-corrected chi connectivity index (χ3v) is 11.0. The highest BCUT2D eigenvalue weighted by Gasteiger charge is 2.44. The van der Waals surface area contributed by atoms with Crippen molar-refractivity contribution in [3.8, 4) is 0 Å². The van der Waals surface area contributed by atoms with Gasteiger partial charge in [0.2, 0.25) is 5.91 Å². The number of hydrogen-bond acceptors (Lipinski definition) is 9. The van der Waals surface area contributed by atoms with Crippen LogP contribution in [-0.4, -0.2) is 98.7 Å². The van der Waals surface area contributed by atoms with Gasteiger partial charge >= 0.3 is 0 Å². The highest BCUT2D eigenvalue weighted by Crippen LogP contribution is 2.23. The van der Waals surface area contributed by atoms with Gasteiger partial charge in [0.25, 0.3) is 0 Å². The van der Waals surface area contributed by atoms with Crippen LogP contribution in [0, 0.1) is 0 Å². The Kier molecular flexibility index (Phi) is 33.1. The van der Waals surface area contributed by atoms with Crippen molar-refractivity contribution in [2.45, 2.75) is 249 Å². The van der Waals surface area contributed by atoms with E-state index in [1.807, 2.05) is 0 Å². The summed E-state index contributed by atoms with van der Waals surface area (Å²) in [7, 11) is 0. The summed E-state index contributed by atoms with van der Waals surface area (Å²) in [4.78, 5) is 13.0. The molecule has 10 nitrogen and oxygen atoms in total. The summed E-state index contributed by atoms with van der Waals surface area (Å²) >= 11 is 0. The summed E-state index contributed by atoms with van der Waals surface area (Å²) in [6, 6.07) is -0.892. The molecule has 320 valence electrons. The van der Waals surface area contributed by atoms with E-state index in [0.29, 0.717) is 12.8 Å². The molecule has 0 spiro atoms. The third-order valence-electron chi connectivity index (χ3n) is 11.0. The number of allylic oxidation sites excluding steroid dienone is 2. The molecule has 0 aromatic heterocycles. The third kappa shape index (κ3) is 25.2. The van der Waals surface area contributed by atoms with E-state index in [1.54, 1.807) is 0 Å². The maximum Gasteiger partial charge on any atom is 0.249 e. The molecule has 10 heteroatoms. The maximum absolute atomic E-state index is 13.0. The zero-order valence-corrected chi connectivity index (χ0v) is 34.6. The number of nitrogens with one attached hydrogen (secondary N) is 1. The maximum atomic E-state index is 13.0.